The predicted molar refractivity (Wildman–Crippen MR) is 132 cm³/mol. The molecule has 6 nitrogen and oxygen atoms in total. The molecule has 1 aliphatic carbocycles. The zero-order chi connectivity index (χ0) is 23.6. The third-order valence-electron chi connectivity index (χ3n) is 6.07. The van der Waals surface area contributed by atoms with Crippen molar-refractivity contribution in [1.29, 1.82) is 0 Å². The van der Waals surface area contributed by atoms with Crippen LogP contribution >= 0.6 is 0 Å². The number of carbonyl (C=O) groups is 1. The molecule has 2 atom stereocenters. The van der Waals surface area contributed by atoms with Crippen LogP contribution in [0.5, 0.6) is 5.75 Å². The number of nitrogens with zero attached hydrogens (tertiary/aromatic N) is 2. The maximum atomic E-state index is 11.7. The molecule has 2 aromatic carbocycles. The van der Waals surface area contributed by atoms with E-state index in [1.807, 2.05) is 54.6 Å². The van der Waals surface area contributed by atoms with Gasteiger partial charge < -0.3 is 14.6 Å². The summed E-state index contributed by atoms with van der Waals surface area (Å²) in [6, 6.07) is 19.0. The van der Waals surface area contributed by atoms with Gasteiger partial charge in [0.15, 0.2) is 0 Å². The first kappa shape index (κ1) is 23.3. The van der Waals surface area contributed by atoms with Gasteiger partial charge in [0.2, 0.25) is 0 Å². The minimum absolute atomic E-state index is 0.0923. The average Bonchev–Trinajstić information content (AvgIpc) is 3.51. The van der Waals surface area contributed by atoms with E-state index in [0.29, 0.717) is 19.8 Å². The van der Waals surface area contributed by atoms with Gasteiger partial charge >= 0.3 is 5.97 Å². The highest BCUT2D eigenvalue weighted by Crippen LogP contribution is 2.51. The van der Waals surface area contributed by atoms with Gasteiger partial charge in [0.1, 0.15) is 18.3 Å². The van der Waals surface area contributed by atoms with Crippen molar-refractivity contribution in [1.82, 2.24) is 9.55 Å². The van der Waals surface area contributed by atoms with Crippen LogP contribution < -0.4 is 4.74 Å². The highest BCUT2D eigenvalue weighted by molar-refractivity contribution is 6.76. The fourth-order valence-corrected chi connectivity index (χ4v) is 4.78. The van der Waals surface area contributed by atoms with Crippen LogP contribution in [-0.4, -0.2) is 42.4 Å². The second-order valence-corrected chi connectivity index (χ2v) is 15.4. The first-order chi connectivity index (χ1) is 15.8. The number of aliphatic carboxylic acids is 1. The summed E-state index contributed by atoms with van der Waals surface area (Å²) >= 11 is 0. The molecule has 1 fully saturated rings. The van der Waals surface area contributed by atoms with Crippen molar-refractivity contribution < 1.29 is 19.4 Å². The molecule has 33 heavy (non-hydrogen) atoms. The van der Waals surface area contributed by atoms with E-state index < -0.39 is 14.0 Å². The molecule has 1 saturated carbocycles. The van der Waals surface area contributed by atoms with E-state index in [1.54, 1.807) is 7.11 Å². The summed E-state index contributed by atoms with van der Waals surface area (Å²) in [5.41, 5.74) is 3.73. The van der Waals surface area contributed by atoms with E-state index in [2.05, 4.69) is 24.2 Å². The lowest BCUT2D eigenvalue weighted by Gasteiger charge is -2.17. The van der Waals surface area contributed by atoms with Crippen molar-refractivity contribution in [2.75, 3.05) is 13.7 Å². The fraction of sp³-hybridized carbons (Fsp3) is 0.385. The van der Waals surface area contributed by atoms with Crippen LogP contribution in [0.3, 0.4) is 0 Å². The summed E-state index contributed by atoms with van der Waals surface area (Å²) in [7, 11) is 0.431. The molecule has 1 heterocycles. The van der Waals surface area contributed by atoms with Crippen LogP contribution in [-0.2, 0) is 16.3 Å². The molecule has 0 bridgehead atoms. The minimum Gasteiger partial charge on any atom is -0.497 e. The number of methoxy groups -OCH3 is 1. The number of carboxylic acids is 1. The van der Waals surface area contributed by atoms with Crippen molar-refractivity contribution in [2.24, 2.45) is 5.92 Å². The molecule has 7 heteroatoms. The number of carboxylic acid groups (broad SMARTS) is 1. The smallest absolute Gasteiger partial charge is 0.307 e. The number of ether oxygens (including phenoxy) is 2. The van der Waals surface area contributed by atoms with Gasteiger partial charge in [-0.1, -0.05) is 50.0 Å². The van der Waals surface area contributed by atoms with Crippen LogP contribution in [0, 0.1) is 5.92 Å². The van der Waals surface area contributed by atoms with Crippen LogP contribution in [0.15, 0.2) is 54.6 Å². The number of rotatable bonds is 10. The van der Waals surface area contributed by atoms with E-state index in [1.165, 1.54) is 0 Å². The van der Waals surface area contributed by atoms with Gasteiger partial charge in [0.25, 0.3) is 0 Å². The van der Waals surface area contributed by atoms with Crippen LogP contribution in [0.2, 0.25) is 25.7 Å². The monoisotopic (exact) mass is 464 g/mol. The number of benzene rings is 2. The molecule has 3 aromatic rings. The van der Waals surface area contributed by atoms with Gasteiger partial charge in [-0.15, -0.1) is 0 Å². The molecule has 1 N–H and O–H groups in total. The lowest BCUT2D eigenvalue weighted by atomic mass is 10.1. The Balaban J connectivity index is 1.79. The Morgan fingerprint density at radius 1 is 1.09 bits per heavy atom. The van der Waals surface area contributed by atoms with Gasteiger partial charge in [-0.25, -0.2) is 4.98 Å². The van der Waals surface area contributed by atoms with Crippen molar-refractivity contribution in [2.45, 2.75) is 44.8 Å². The zero-order valence-corrected chi connectivity index (χ0v) is 20.7. The SMILES string of the molecule is COc1ccc(-c2c(C3CC3C(=O)O)nc(-c3ccccc3)n2COCC[Si](C)(C)C)cc1. The number of hydrogen-bond donors (Lipinski definition) is 1. The van der Waals surface area contributed by atoms with Crippen LogP contribution in [0.1, 0.15) is 18.0 Å². The largest absolute Gasteiger partial charge is 0.497 e. The zero-order valence-electron chi connectivity index (χ0n) is 19.7. The van der Waals surface area contributed by atoms with Crippen molar-refractivity contribution >= 4 is 14.0 Å². The first-order valence-electron chi connectivity index (χ1n) is 11.4. The molecule has 0 radical (unpaired) electrons. The summed E-state index contributed by atoms with van der Waals surface area (Å²) in [6.45, 7) is 8.07. The van der Waals surface area contributed by atoms with Crippen molar-refractivity contribution in [3.05, 3.63) is 60.3 Å². The summed E-state index contributed by atoms with van der Waals surface area (Å²) in [4.78, 5) is 16.7. The molecule has 1 aromatic heterocycles. The first-order valence-corrected chi connectivity index (χ1v) is 15.1. The molecule has 0 aliphatic heterocycles. The summed E-state index contributed by atoms with van der Waals surface area (Å²) < 4.78 is 13.6. The Kier molecular flexibility index (Phi) is 6.72. The average molecular weight is 465 g/mol. The molecule has 174 valence electrons. The standard InChI is InChI=1S/C26H32N2O4Si/c1-31-20-12-10-18(11-13-20)24-23(21-16-22(21)26(29)30)27-25(19-8-6-5-7-9-19)28(24)17-32-14-15-33(2,3)4/h5-13,21-22H,14-17H2,1-4H3,(H,29,30). The Labute approximate surface area is 196 Å². The molecule has 4 rings (SSSR count). The second-order valence-electron chi connectivity index (χ2n) is 9.83. The normalized spacial score (nSPS) is 17.7. The molecular formula is C26H32N2O4Si. The highest BCUT2D eigenvalue weighted by atomic mass is 28.3. The summed E-state index contributed by atoms with van der Waals surface area (Å²) in [5.74, 6) is 0.339. The molecule has 1 aliphatic rings. The Morgan fingerprint density at radius 3 is 2.36 bits per heavy atom. The van der Waals surface area contributed by atoms with E-state index in [9.17, 15) is 9.90 Å². The maximum absolute atomic E-state index is 11.7. The Hall–Kier alpha value is -2.90. The van der Waals surface area contributed by atoms with E-state index in [0.717, 1.165) is 40.1 Å². The molecule has 0 spiro atoms. The lowest BCUT2D eigenvalue weighted by Crippen LogP contribution is -2.22. The summed E-state index contributed by atoms with van der Waals surface area (Å²) in [6.07, 6.45) is 0.611. The van der Waals surface area contributed by atoms with Gasteiger partial charge in [-0.2, -0.15) is 0 Å². The number of hydrogen-bond acceptors (Lipinski definition) is 4. The third kappa shape index (κ3) is 5.37. The highest BCUT2D eigenvalue weighted by Gasteiger charge is 2.47. The van der Waals surface area contributed by atoms with Crippen molar-refractivity contribution in [3.63, 3.8) is 0 Å². The van der Waals surface area contributed by atoms with E-state index >= 15 is 0 Å². The van der Waals surface area contributed by atoms with Crippen molar-refractivity contribution in [3.8, 4) is 28.4 Å². The predicted octanol–water partition coefficient (Wildman–Crippen LogP) is 5.73. The van der Waals surface area contributed by atoms with Gasteiger partial charge in [-0.05, 0) is 36.7 Å². The van der Waals surface area contributed by atoms with E-state index in [4.69, 9.17) is 14.5 Å². The quantitative estimate of drug-likeness (QED) is 0.307. The minimum atomic E-state index is -1.21. The van der Waals surface area contributed by atoms with E-state index in [-0.39, 0.29) is 11.8 Å². The fourth-order valence-electron chi connectivity index (χ4n) is 4.02. The molecular weight excluding hydrogens is 432 g/mol. The lowest BCUT2D eigenvalue weighted by molar-refractivity contribution is -0.138. The maximum Gasteiger partial charge on any atom is 0.307 e. The number of aromatic nitrogens is 2. The summed E-state index contributed by atoms with van der Waals surface area (Å²) in [5, 5.41) is 9.59. The molecule has 2 unspecified atom stereocenters. The Bertz CT molecular complexity index is 1100. The van der Waals surface area contributed by atoms with Gasteiger partial charge in [0, 0.05) is 31.7 Å². The Morgan fingerprint density at radius 2 is 1.79 bits per heavy atom. The topological polar surface area (TPSA) is 73.6 Å². The van der Waals surface area contributed by atoms with Crippen LogP contribution in [0.4, 0.5) is 0 Å². The van der Waals surface area contributed by atoms with Crippen LogP contribution in [0.25, 0.3) is 22.6 Å². The molecule has 0 saturated heterocycles. The third-order valence-corrected chi connectivity index (χ3v) is 7.77. The number of imidazole rings is 1. The second kappa shape index (κ2) is 9.53. The van der Waals surface area contributed by atoms with Gasteiger partial charge in [0.05, 0.1) is 24.4 Å². The van der Waals surface area contributed by atoms with Gasteiger partial charge in [-0.3, -0.25) is 9.36 Å². The molecule has 0 amide bonds.